The summed E-state index contributed by atoms with van der Waals surface area (Å²) in [5.41, 5.74) is 2.97. The van der Waals surface area contributed by atoms with Crippen LogP contribution in [0.2, 0.25) is 5.02 Å². The number of anilines is 3. The lowest BCUT2D eigenvalue weighted by Crippen LogP contribution is -2.24. The SMILES string of the molecule is CCCCCCCCCCCCOC(=O)Oc1cc(Cl)c(O)c(NC(=O)NC)c1.COC=Nc1cc(C)cc(NC(=O)OC)c1O.COC=Nc1cc(C)cc(NC(C)=O)c1O. The van der Waals surface area contributed by atoms with Crippen LogP contribution in [0.1, 0.15) is 89.2 Å². The van der Waals surface area contributed by atoms with Gasteiger partial charge in [-0.15, -0.1) is 0 Å². The molecule has 0 saturated carbocycles. The number of methoxy groups -OCH3 is 3. The number of rotatable bonds is 19. The highest BCUT2D eigenvalue weighted by Gasteiger charge is 2.15. The number of hydrogen-bond donors (Lipinski definition) is 7. The molecule has 3 aromatic rings. The highest BCUT2D eigenvalue weighted by atomic mass is 35.5. The number of aryl methyl sites for hydroxylation is 2. The van der Waals surface area contributed by atoms with Gasteiger partial charge in [0.2, 0.25) is 5.91 Å². The van der Waals surface area contributed by atoms with Crippen LogP contribution in [0.3, 0.4) is 0 Å². The summed E-state index contributed by atoms with van der Waals surface area (Å²) in [6.07, 6.45) is 12.9. The highest BCUT2D eigenvalue weighted by molar-refractivity contribution is 6.32. The lowest BCUT2D eigenvalue weighted by Gasteiger charge is -2.11. The van der Waals surface area contributed by atoms with E-state index in [4.69, 9.17) is 21.1 Å². The van der Waals surface area contributed by atoms with E-state index < -0.39 is 18.3 Å². The molecule has 342 valence electrons. The number of carbonyl (C=O) groups excluding carboxylic acids is 4. The van der Waals surface area contributed by atoms with E-state index in [1.807, 2.05) is 13.8 Å². The normalized spacial score (nSPS) is 10.4. The number of nitrogens with one attached hydrogen (secondary N) is 4. The topological polar surface area (TPSA) is 248 Å². The number of phenols is 3. The van der Waals surface area contributed by atoms with Crippen LogP contribution in [0.4, 0.5) is 42.8 Å². The third-order valence-electron chi connectivity index (χ3n) is 8.23. The number of unbranched alkanes of at least 4 members (excludes halogenated alkanes) is 9. The van der Waals surface area contributed by atoms with E-state index in [0.29, 0.717) is 17.1 Å². The molecule has 0 aliphatic heterocycles. The van der Waals surface area contributed by atoms with Gasteiger partial charge in [0.25, 0.3) is 0 Å². The van der Waals surface area contributed by atoms with Gasteiger partial charge < -0.3 is 55.0 Å². The van der Waals surface area contributed by atoms with Gasteiger partial charge in [-0.3, -0.25) is 10.1 Å². The van der Waals surface area contributed by atoms with Crippen LogP contribution in [0, 0.1) is 13.8 Å². The minimum Gasteiger partial charge on any atom is -0.504 e. The highest BCUT2D eigenvalue weighted by Crippen LogP contribution is 2.38. The average molecular weight is 889 g/mol. The molecule has 18 nitrogen and oxygen atoms in total. The number of urea groups is 1. The Bertz CT molecular complexity index is 1940. The molecule has 0 aromatic heterocycles. The maximum absolute atomic E-state index is 11.8. The minimum atomic E-state index is -0.853. The Morgan fingerprint density at radius 1 is 0.677 bits per heavy atom. The molecular formula is C43H61ClN6O12. The van der Waals surface area contributed by atoms with E-state index in [1.54, 1.807) is 24.3 Å². The molecule has 0 aliphatic carbocycles. The number of phenolic OH excluding ortho intramolecular Hbond substituents is 3. The molecular weight excluding hydrogens is 828 g/mol. The summed E-state index contributed by atoms with van der Waals surface area (Å²) >= 11 is 5.90. The molecule has 3 aromatic carbocycles. The molecule has 0 saturated heterocycles. The molecule has 7 N–H and O–H groups in total. The molecule has 62 heavy (non-hydrogen) atoms. The Balaban J connectivity index is 0.000000497. The molecule has 0 heterocycles. The van der Waals surface area contributed by atoms with E-state index in [2.05, 4.69) is 52.4 Å². The fraction of sp³-hybridized carbons (Fsp3) is 0.442. The molecule has 3 rings (SSSR count). The van der Waals surface area contributed by atoms with Crippen LogP contribution < -0.4 is 26.0 Å². The zero-order chi connectivity index (χ0) is 46.5. The van der Waals surface area contributed by atoms with Crippen molar-refractivity contribution < 1.29 is 58.2 Å². The molecule has 0 unspecified atom stereocenters. The number of carbonyl (C=O) groups is 4. The van der Waals surface area contributed by atoms with E-state index in [0.717, 1.165) is 30.4 Å². The molecule has 0 radical (unpaired) electrons. The number of ether oxygens (including phenoxy) is 5. The third kappa shape index (κ3) is 21.7. The predicted octanol–water partition coefficient (Wildman–Crippen LogP) is 10.4. The zero-order valence-corrected chi connectivity index (χ0v) is 37.4. The van der Waals surface area contributed by atoms with Gasteiger partial charge >= 0.3 is 18.3 Å². The van der Waals surface area contributed by atoms with E-state index in [9.17, 15) is 34.5 Å². The van der Waals surface area contributed by atoms with Crippen molar-refractivity contribution in [2.45, 2.75) is 91.9 Å². The minimum absolute atomic E-state index is 0.0225. The Labute approximate surface area is 368 Å². The Kier molecular flexibility index (Phi) is 26.4. The van der Waals surface area contributed by atoms with Gasteiger partial charge in [-0.25, -0.2) is 24.4 Å². The van der Waals surface area contributed by atoms with Crippen molar-refractivity contribution in [2.75, 3.05) is 50.9 Å². The first-order valence-corrected chi connectivity index (χ1v) is 20.2. The molecule has 0 fully saturated rings. The van der Waals surface area contributed by atoms with E-state index in [-0.39, 0.29) is 51.9 Å². The first-order valence-electron chi connectivity index (χ1n) is 19.9. The van der Waals surface area contributed by atoms with Crippen LogP contribution in [-0.4, -0.2) is 87.3 Å². The quantitative estimate of drug-likeness (QED) is 0.0148. The average Bonchev–Trinajstić information content (AvgIpc) is 3.23. The first kappa shape index (κ1) is 53.6. The van der Waals surface area contributed by atoms with Crippen LogP contribution in [0.5, 0.6) is 23.0 Å². The second-order valence-electron chi connectivity index (χ2n) is 13.5. The van der Waals surface area contributed by atoms with Crippen LogP contribution in [-0.2, 0) is 23.7 Å². The third-order valence-corrected chi connectivity index (χ3v) is 8.51. The van der Waals surface area contributed by atoms with Crippen molar-refractivity contribution in [1.82, 2.24) is 5.32 Å². The van der Waals surface area contributed by atoms with Gasteiger partial charge in [0.15, 0.2) is 30.0 Å². The van der Waals surface area contributed by atoms with Crippen molar-refractivity contribution in [2.24, 2.45) is 9.98 Å². The van der Waals surface area contributed by atoms with Crippen LogP contribution in [0.15, 0.2) is 46.4 Å². The standard InChI is InChI=1S/C21H33ClN2O5.C11H14N2O4.C11H14N2O3/c1-3-4-5-6-7-8-9-10-11-12-13-28-21(27)29-16-14-17(22)19(25)18(15-16)24-20(26)23-2;1-7-4-8(12-6-16-2)10(14)9(5-7)13-11(15)17-3;1-7-4-9(12-6-16-3)11(15)10(5-7)13-8(2)14/h14-15,25H,3-13H2,1-2H3,(H2,23,24,26);4-6,14H,1-3H3,(H,13,15);4-6,15H,1-3H3,(H,13,14). The second-order valence-corrected chi connectivity index (χ2v) is 13.9. The molecule has 0 aliphatic rings. The number of aromatic hydroxyl groups is 3. The molecule has 0 bridgehead atoms. The molecule has 19 heteroatoms. The molecule has 0 atom stereocenters. The molecule has 0 spiro atoms. The van der Waals surface area contributed by atoms with E-state index >= 15 is 0 Å². The van der Waals surface area contributed by atoms with Gasteiger partial charge in [0.05, 0.1) is 50.0 Å². The van der Waals surface area contributed by atoms with Gasteiger partial charge in [0.1, 0.15) is 17.1 Å². The second kappa shape index (κ2) is 30.6. The fourth-order valence-corrected chi connectivity index (χ4v) is 5.47. The number of benzene rings is 3. The summed E-state index contributed by atoms with van der Waals surface area (Å²) < 4.78 is 23.9. The molecule has 4 amide bonds. The summed E-state index contributed by atoms with van der Waals surface area (Å²) in [4.78, 5) is 53.0. The van der Waals surface area contributed by atoms with Crippen LogP contribution in [0.25, 0.3) is 0 Å². The summed E-state index contributed by atoms with van der Waals surface area (Å²) in [6.45, 7) is 7.54. The van der Waals surface area contributed by atoms with Crippen molar-refractivity contribution in [3.8, 4) is 23.0 Å². The Morgan fingerprint density at radius 2 is 1.16 bits per heavy atom. The van der Waals surface area contributed by atoms with Crippen LogP contribution >= 0.6 is 11.6 Å². The zero-order valence-electron chi connectivity index (χ0n) is 36.7. The first-order chi connectivity index (χ1) is 29.6. The number of aliphatic imine (C=N–C) groups is 2. The largest absolute Gasteiger partial charge is 0.513 e. The lowest BCUT2D eigenvalue weighted by atomic mass is 10.1. The fourth-order valence-electron chi connectivity index (χ4n) is 5.26. The van der Waals surface area contributed by atoms with Gasteiger partial charge in [-0.2, -0.15) is 0 Å². The van der Waals surface area contributed by atoms with Crippen molar-refractivity contribution in [1.29, 1.82) is 0 Å². The number of hydrogen-bond acceptors (Lipinski definition) is 14. The van der Waals surface area contributed by atoms with Crippen molar-refractivity contribution >= 4 is 77.0 Å². The summed E-state index contributed by atoms with van der Waals surface area (Å²) in [6, 6.07) is 8.65. The Hall–Kier alpha value is -6.43. The van der Waals surface area contributed by atoms with Crippen molar-refractivity contribution in [3.63, 3.8) is 0 Å². The summed E-state index contributed by atoms with van der Waals surface area (Å²) in [7, 11) is 5.58. The maximum atomic E-state index is 11.8. The predicted molar refractivity (Wildman–Crippen MR) is 241 cm³/mol. The summed E-state index contributed by atoms with van der Waals surface area (Å²) in [5.74, 6) is -0.723. The number of amides is 4. The van der Waals surface area contributed by atoms with Crippen molar-refractivity contribution in [3.05, 3.63) is 52.5 Å². The monoisotopic (exact) mass is 888 g/mol. The summed E-state index contributed by atoms with van der Waals surface area (Å²) in [5, 5.41) is 39.1. The smallest absolute Gasteiger partial charge is 0.504 e. The number of nitrogens with zero attached hydrogens (tertiary/aromatic N) is 2. The van der Waals surface area contributed by atoms with Gasteiger partial charge in [-0.1, -0.05) is 76.3 Å². The lowest BCUT2D eigenvalue weighted by molar-refractivity contribution is -0.114. The number of halogens is 1. The Morgan fingerprint density at radius 3 is 1.63 bits per heavy atom. The van der Waals surface area contributed by atoms with Gasteiger partial charge in [0, 0.05) is 26.1 Å². The van der Waals surface area contributed by atoms with E-state index in [1.165, 1.54) is 105 Å². The maximum Gasteiger partial charge on any atom is 0.513 e. The van der Waals surface area contributed by atoms with Gasteiger partial charge in [-0.05, 0) is 55.7 Å².